The zero-order chi connectivity index (χ0) is 17.2. The Morgan fingerprint density at radius 2 is 2.08 bits per heavy atom. The molecule has 0 saturated heterocycles. The van der Waals surface area contributed by atoms with Crippen LogP contribution in [0.3, 0.4) is 0 Å². The van der Waals surface area contributed by atoms with Gasteiger partial charge in [0.05, 0.1) is 12.7 Å². The predicted molar refractivity (Wildman–Crippen MR) is 94.1 cm³/mol. The molecular formula is C18H14FN3O2S. The maximum atomic E-state index is 13.7. The smallest absolute Gasteiger partial charge is 0.277 e. The average molecular weight is 355 g/mol. The van der Waals surface area contributed by atoms with Crippen LogP contribution < -0.4 is 4.74 Å². The summed E-state index contributed by atoms with van der Waals surface area (Å²) in [7, 11) is 1.44. The van der Waals surface area contributed by atoms with E-state index < -0.39 is 0 Å². The quantitative estimate of drug-likeness (QED) is 0.528. The number of ether oxygens (including phenoxy) is 1. The van der Waals surface area contributed by atoms with Crippen LogP contribution in [-0.2, 0) is 5.75 Å². The van der Waals surface area contributed by atoms with Gasteiger partial charge in [0.25, 0.3) is 11.1 Å². The lowest BCUT2D eigenvalue weighted by Crippen LogP contribution is -1.90. The summed E-state index contributed by atoms with van der Waals surface area (Å²) in [6.45, 7) is 0. The summed E-state index contributed by atoms with van der Waals surface area (Å²) in [5.74, 6) is 0.829. The van der Waals surface area contributed by atoms with Crippen molar-refractivity contribution in [2.75, 3.05) is 7.11 Å². The van der Waals surface area contributed by atoms with Crippen molar-refractivity contribution in [2.45, 2.75) is 11.0 Å². The minimum absolute atomic E-state index is 0.230. The minimum atomic E-state index is -0.384. The summed E-state index contributed by atoms with van der Waals surface area (Å²) >= 11 is 1.36. The Kier molecular flexibility index (Phi) is 4.15. The fraction of sp³-hybridized carbons (Fsp3) is 0.111. The van der Waals surface area contributed by atoms with E-state index in [-0.39, 0.29) is 11.6 Å². The first-order valence-corrected chi connectivity index (χ1v) is 8.58. The van der Waals surface area contributed by atoms with Crippen LogP contribution in [-0.4, -0.2) is 22.3 Å². The topological polar surface area (TPSA) is 63.9 Å². The van der Waals surface area contributed by atoms with E-state index in [1.165, 1.54) is 24.9 Å². The summed E-state index contributed by atoms with van der Waals surface area (Å²) in [6.07, 6.45) is 1.85. The van der Waals surface area contributed by atoms with Gasteiger partial charge in [-0.25, -0.2) is 4.39 Å². The Balaban J connectivity index is 1.51. The van der Waals surface area contributed by atoms with Crippen molar-refractivity contribution in [1.82, 2.24) is 15.2 Å². The maximum Gasteiger partial charge on any atom is 0.277 e. The van der Waals surface area contributed by atoms with Gasteiger partial charge in [0.15, 0.2) is 11.6 Å². The van der Waals surface area contributed by atoms with Gasteiger partial charge in [-0.3, -0.25) is 0 Å². The number of methoxy groups -OCH3 is 1. The minimum Gasteiger partial charge on any atom is -0.494 e. The van der Waals surface area contributed by atoms with Crippen molar-refractivity contribution in [3.05, 3.63) is 60.0 Å². The highest BCUT2D eigenvalue weighted by Crippen LogP contribution is 2.30. The highest BCUT2D eigenvalue weighted by atomic mass is 32.2. The van der Waals surface area contributed by atoms with Gasteiger partial charge in [0.1, 0.15) is 0 Å². The number of para-hydroxylation sites is 1. The largest absolute Gasteiger partial charge is 0.494 e. The number of aromatic nitrogens is 3. The molecule has 0 atom stereocenters. The summed E-state index contributed by atoms with van der Waals surface area (Å²) in [5, 5.41) is 9.65. The molecular weight excluding hydrogens is 341 g/mol. The van der Waals surface area contributed by atoms with E-state index in [1.807, 2.05) is 36.5 Å². The Morgan fingerprint density at radius 1 is 1.20 bits per heavy atom. The average Bonchev–Trinajstić information content (AvgIpc) is 3.26. The first-order chi connectivity index (χ1) is 12.2. The molecule has 0 bridgehead atoms. The molecule has 0 fully saturated rings. The number of hydrogen-bond donors (Lipinski definition) is 1. The molecule has 25 heavy (non-hydrogen) atoms. The lowest BCUT2D eigenvalue weighted by atomic mass is 10.2. The molecule has 2 aromatic carbocycles. The van der Waals surface area contributed by atoms with Crippen LogP contribution >= 0.6 is 11.8 Å². The van der Waals surface area contributed by atoms with E-state index in [4.69, 9.17) is 9.15 Å². The number of hydrogen-bond acceptors (Lipinski definition) is 5. The number of nitrogens with one attached hydrogen (secondary N) is 1. The number of rotatable bonds is 5. The molecule has 2 heterocycles. The number of benzene rings is 2. The fourth-order valence-electron chi connectivity index (χ4n) is 2.57. The van der Waals surface area contributed by atoms with Gasteiger partial charge in [0.2, 0.25) is 0 Å². The van der Waals surface area contributed by atoms with Crippen LogP contribution in [0.5, 0.6) is 5.75 Å². The summed E-state index contributed by atoms with van der Waals surface area (Å²) in [4.78, 5) is 3.18. The van der Waals surface area contributed by atoms with Crippen LogP contribution in [0, 0.1) is 5.82 Å². The molecule has 126 valence electrons. The van der Waals surface area contributed by atoms with Gasteiger partial charge in [-0.2, -0.15) is 0 Å². The summed E-state index contributed by atoms with van der Waals surface area (Å²) in [6, 6.07) is 12.8. The molecule has 5 nitrogen and oxygen atoms in total. The van der Waals surface area contributed by atoms with E-state index in [0.717, 1.165) is 22.0 Å². The van der Waals surface area contributed by atoms with Crippen molar-refractivity contribution in [2.24, 2.45) is 0 Å². The Morgan fingerprint density at radius 3 is 2.92 bits per heavy atom. The molecule has 4 aromatic rings. The second-order valence-electron chi connectivity index (χ2n) is 5.38. The number of nitrogens with zero attached hydrogens (tertiary/aromatic N) is 2. The Hall–Kier alpha value is -2.80. The van der Waals surface area contributed by atoms with Gasteiger partial charge < -0.3 is 14.1 Å². The third-order valence-corrected chi connectivity index (χ3v) is 4.69. The third kappa shape index (κ3) is 3.10. The molecule has 4 rings (SSSR count). The van der Waals surface area contributed by atoms with Gasteiger partial charge in [-0.15, -0.1) is 10.2 Å². The second kappa shape index (κ2) is 6.60. The van der Waals surface area contributed by atoms with E-state index in [9.17, 15) is 4.39 Å². The third-order valence-electron chi connectivity index (χ3n) is 3.80. The molecule has 2 aromatic heterocycles. The number of fused-ring (bicyclic) bond motifs is 1. The van der Waals surface area contributed by atoms with Gasteiger partial charge >= 0.3 is 0 Å². The van der Waals surface area contributed by atoms with Gasteiger partial charge in [-0.05, 0) is 23.8 Å². The SMILES string of the molecule is COc1ccc(CSc2nnc(-c3c[nH]c4ccccc34)o2)cc1F. The van der Waals surface area contributed by atoms with E-state index in [0.29, 0.717) is 16.9 Å². The molecule has 1 N–H and O–H groups in total. The van der Waals surface area contributed by atoms with Crippen LogP contribution in [0.2, 0.25) is 0 Å². The monoisotopic (exact) mass is 355 g/mol. The molecule has 0 aliphatic heterocycles. The highest BCUT2D eigenvalue weighted by molar-refractivity contribution is 7.98. The fourth-order valence-corrected chi connectivity index (χ4v) is 3.28. The van der Waals surface area contributed by atoms with E-state index in [1.54, 1.807) is 6.07 Å². The normalized spacial score (nSPS) is 11.1. The van der Waals surface area contributed by atoms with E-state index >= 15 is 0 Å². The molecule has 0 radical (unpaired) electrons. The van der Waals surface area contributed by atoms with Crippen LogP contribution in [0.15, 0.2) is 58.3 Å². The first kappa shape index (κ1) is 15.7. The molecule has 0 amide bonds. The molecule has 0 aliphatic rings. The maximum absolute atomic E-state index is 13.7. The molecule has 7 heteroatoms. The molecule has 0 spiro atoms. The van der Waals surface area contributed by atoms with E-state index in [2.05, 4.69) is 15.2 Å². The zero-order valence-corrected chi connectivity index (χ0v) is 14.1. The van der Waals surface area contributed by atoms with Gasteiger partial charge in [-0.1, -0.05) is 36.0 Å². The zero-order valence-electron chi connectivity index (χ0n) is 13.3. The number of H-pyrrole nitrogens is 1. The summed E-state index contributed by atoms with van der Waals surface area (Å²) < 4.78 is 24.4. The highest BCUT2D eigenvalue weighted by Gasteiger charge is 2.13. The van der Waals surface area contributed by atoms with Crippen LogP contribution in [0.1, 0.15) is 5.56 Å². The number of thioether (sulfide) groups is 1. The van der Waals surface area contributed by atoms with Crippen molar-refractivity contribution in [3.63, 3.8) is 0 Å². The number of aromatic amines is 1. The van der Waals surface area contributed by atoms with Gasteiger partial charge in [0, 0.05) is 22.9 Å². The summed E-state index contributed by atoms with van der Waals surface area (Å²) in [5.41, 5.74) is 2.69. The Bertz CT molecular complexity index is 1030. The van der Waals surface area contributed by atoms with Crippen molar-refractivity contribution in [1.29, 1.82) is 0 Å². The first-order valence-electron chi connectivity index (χ1n) is 7.60. The second-order valence-corrected chi connectivity index (χ2v) is 6.31. The van der Waals surface area contributed by atoms with Crippen molar-refractivity contribution >= 4 is 22.7 Å². The molecule has 0 aliphatic carbocycles. The molecule has 0 saturated carbocycles. The Labute approximate surface area is 147 Å². The number of halogens is 1. The lowest BCUT2D eigenvalue weighted by molar-refractivity contribution is 0.386. The predicted octanol–water partition coefficient (Wildman–Crippen LogP) is 4.66. The molecule has 0 unspecified atom stereocenters. The van der Waals surface area contributed by atoms with Crippen molar-refractivity contribution < 1.29 is 13.5 Å². The van der Waals surface area contributed by atoms with Crippen molar-refractivity contribution in [3.8, 4) is 17.2 Å². The van der Waals surface area contributed by atoms with Crippen LogP contribution in [0.25, 0.3) is 22.4 Å². The van der Waals surface area contributed by atoms with Crippen LogP contribution in [0.4, 0.5) is 4.39 Å². The lowest BCUT2D eigenvalue weighted by Gasteiger charge is -2.03. The standard InChI is InChI=1S/C18H14FN3O2S/c1-23-16-7-6-11(8-14(16)19)10-25-18-22-21-17(24-18)13-9-20-15-5-3-2-4-12(13)15/h2-9,20H,10H2,1H3.